The fourth-order valence-corrected chi connectivity index (χ4v) is 1.60. The van der Waals surface area contributed by atoms with Crippen LogP contribution in [0.25, 0.3) is 0 Å². The van der Waals surface area contributed by atoms with E-state index in [0.717, 1.165) is 11.3 Å². The molecule has 0 aliphatic rings. The highest BCUT2D eigenvalue weighted by atomic mass is 32.1. The molecule has 1 aromatic carbocycles. The number of rotatable bonds is 1. The maximum Gasteiger partial charge on any atom is 0.231 e. The summed E-state index contributed by atoms with van der Waals surface area (Å²) in [5.41, 5.74) is 2.76. The number of hydrogen-bond acceptors (Lipinski definition) is 2. The predicted octanol–water partition coefficient (Wildman–Crippen LogP) is 3.16. The van der Waals surface area contributed by atoms with Crippen LogP contribution in [0.15, 0.2) is 18.2 Å². The molecule has 4 heteroatoms. The summed E-state index contributed by atoms with van der Waals surface area (Å²) in [5, 5.41) is 6.07. The van der Waals surface area contributed by atoms with Gasteiger partial charge in [-0.15, -0.1) is 0 Å². The molecule has 3 nitrogen and oxygen atoms in total. The molecule has 0 atom stereocenters. The van der Waals surface area contributed by atoms with Crippen LogP contribution < -0.4 is 10.6 Å². The van der Waals surface area contributed by atoms with Gasteiger partial charge in [-0.1, -0.05) is 38.5 Å². The van der Waals surface area contributed by atoms with Gasteiger partial charge in [0.15, 0.2) is 5.11 Å². The first-order chi connectivity index (χ1) is 8.20. The summed E-state index contributed by atoms with van der Waals surface area (Å²) in [4.78, 5) is 11.8. The average Bonchev–Trinajstić information content (AvgIpc) is 2.20. The van der Waals surface area contributed by atoms with Crippen molar-refractivity contribution in [3.05, 3.63) is 29.3 Å². The number of carbonyl (C=O) groups excluding carboxylic acids is 1. The Bertz CT molecular complexity index is 475. The van der Waals surface area contributed by atoms with Gasteiger partial charge in [0.1, 0.15) is 0 Å². The molecule has 0 radical (unpaired) electrons. The van der Waals surface area contributed by atoms with Gasteiger partial charge in [-0.05, 0) is 37.7 Å². The Kier molecular flexibility index (Phi) is 4.46. The van der Waals surface area contributed by atoms with E-state index in [1.165, 1.54) is 5.56 Å². The molecule has 1 amide bonds. The van der Waals surface area contributed by atoms with Crippen molar-refractivity contribution in [1.82, 2.24) is 5.32 Å². The van der Waals surface area contributed by atoms with Crippen LogP contribution in [0.5, 0.6) is 0 Å². The van der Waals surface area contributed by atoms with Crippen LogP contribution in [0.1, 0.15) is 31.9 Å². The molecule has 18 heavy (non-hydrogen) atoms. The number of aryl methyl sites for hydroxylation is 2. The number of anilines is 1. The van der Waals surface area contributed by atoms with E-state index in [0.29, 0.717) is 5.11 Å². The second-order valence-corrected chi connectivity index (χ2v) is 5.88. The van der Waals surface area contributed by atoms with E-state index in [1.54, 1.807) is 0 Å². The summed E-state index contributed by atoms with van der Waals surface area (Å²) >= 11 is 5.13. The molecular weight excluding hydrogens is 244 g/mol. The first-order valence-corrected chi connectivity index (χ1v) is 6.30. The molecule has 0 spiro atoms. The topological polar surface area (TPSA) is 41.1 Å². The van der Waals surface area contributed by atoms with Crippen molar-refractivity contribution in [1.29, 1.82) is 0 Å². The zero-order chi connectivity index (χ0) is 13.9. The van der Waals surface area contributed by atoms with Crippen LogP contribution in [0.2, 0.25) is 0 Å². The highest BCUT2D eigenvalue weighted by Gasteiger charge is 2.21. The number of nitrogens with one attached hydrogen (secondary N) is 2. The minimum atomic E-state index is -0.450. The van der Waals surface area contributed by atoms with Gasteiger partial charge >= 0.3 is 0 Å². The molecule has 0 fully saturated rings. The van der Waals surface area contributed by atoms with Crippen LogP contribution >= 0.6 is 12.2 Å². The summed E-state index contributed by atoms with van der Waals surface area (Å²) in [6.45, 7) is 9.59. The van der Waals surface area contributed by atoms with E-state index < -0.39 is 5.41 Å². The first-order valence-electron chi connectivity index (χ1n) is 5.90. The molecule has 0 heterocycles. The monoisotopic (exact) mass is 264 g/mol. The van der Waals surface area contributed by atoms with Crippen molar-refractivity contribution in [2.24, 2.45) is 5.41 Å². The number of benzene rings is 1. The molecule has 0 saturated carbocycles. The maximum absolute atomic E-state index is 11.8. The summed E-state index contributed by atoms with van der Waals surface area (Å²) in [5.74, 6) is -0.0928. The second kappa shape index (κ2) is 5.48. The number of carbonyl (C=O) groups is 1. The van der Waals surface area contributed by atoms with Crippen molar-refractivity contribution >= 4 is 28.9 Å². The van der Waals surface area contributed by atoms with Crippen LogP contribution in [0.4, 0.5) is 5.69 Å². The highest BCUT2D eigenvalue weighted by Crippen LogP contribution is 2.16. The molecule has 0 bridgehead atoms. The number of amides is 1. The summed E-state index contributed by atoms with van der Waals surface area (Å²) in [7, 11) is 0. The molecule has 0 aromatic heterocycles. The predicted molar refractivity (Wildman–Crippen MR) is 79.7 cm³/mol. The van der Waals surface area contributed by atoms with Crippen molar-refractivity contribution < 1.29 is 4.79 Å². The smallest absolute Gasteiger partial charge is 0.231 e. The van der Waals surface area contributed by atoms with Gasteiger partial charge in [0.05, 0.1) is 0 Å². The minimum Gasteiger partial charge on any atom is -0.332 e. The van der Waals surface area contributed by atoms with Crippen molar-refractivity contribution in [2.75, 3.05) is 5.32 Å². The van der Waals surface area contributed by atoms with E-state index in [9.17, 15) is 4.79 Å². The average molecular weight is 264 g/mol. The third kappa shape index (κ3) is 4.11. The van der Waals surface area contributed by atoms with Gasteiger partial charge in [-0.2, -0.15) is 0 Å². The molecule has 1 aromatic rings. The molecule has 1 rings (SSSR count). The molecule has 2 N–H and O–H groups in total. The standard InChI is InChI=1S/C14H20N2OS/c1-9-6-7-11(10(2)8-9)15-13(18)16-12(17)14(3,4)5/h6-8H,1-5H3,(H2,15,16,17,18). The van der Waals surface area contributed by atoms with Gasteiger partial charge in [0, 0.05) is 11.1 Å². The summed E-state index contributed by atoms with van der Waals surface area (Å²) in [6.07, 6.45) is 0. The lowest BCUT2D eigenvalue weighted by atomic mass is 9.96. The molecule has 0 aliphatic heterocycles. The highest BCUT2D eigenvalue weighted by molar-refractivity contribution is 7.80. The molecule has 0 saturated heterocycles. The van der Waals surface area contributed by atoms with Gasteiger partial charge in [-0.3, -0.25) is 4.79 Å². The lowest BCUT2D eigenvalue weighted by Gasteiger charge is -2.19. The van der Waals surface area contributed by atoms with Crippen molar-refractivity contribution in [3.63, 3.8) is 0 Å². The van der Waals surface area contributed by atoms with Crippen molar-refractivity contribution in [2.45, 2.75) is 34.6 Å². The number of hydrogen-bond donors (Lipinski definition) is 2. The van der Waals surface area contributed by atoms with Crippen LogP contribution in [0.3, 0.4) is 0 Å². The van der Waals surface area contributed by atoms with Crippen LogP contribution in [-0.4, -0.2) is 11.0 Å². The third-order valence-electron chi connectivity index (χ3n) is 2.54. The second-order valence-electron chi connectivity index (χ2n) is 5.48. The van der Waals surface area contributed by atoms with E-state index in [1.807, 2.05) is 46.8 Å². The molecular formula is C14H20N2OS. The SMILES string of the molecule is Cc1ccc(NC(=S)NC(=O)C(C)(C)C)c(C)c1. The third-order valence-corrected chi connectivity index (χ3v) is 2.74. The maximum atomic E-state index is 11.8. The molecule has 0 unspecified atom stereocenters. The van der Waals surface area contributed by atoms with E-state index in [2.05, 4.69) is 16.7 Å². The lowest BCUT2D eigenvalue weighted by molar-refractivity contribution is -0.126. The van der Waals surface area contributed by atoms with E-state index in [-0.39, 0.29) is 5.91 Å². The largest absolute Gasteiger partial charge is 0.332 e. The Balaban J connectivity index is 2.68. The fraction of sp³-hybridized carbons (Fsp3) is 0.429. The van der Waals surface area contributed by atoms with Crippen LogP contribution in [-0.2, 0) is 4.79 Å². The zero-order valence-corrected chi connectivity index (χ0v) is 12.4. The van der Waals surface area contributed by atoms with Gasteiger partial charge in [0.25, 0.3) is 0 Å². The Hall–Kier alpha value is -1.42. The van der Waals surface area contributed by atoms with Gasteiger partial charge in [0.2, 0.25) is 5.91 Å². The van der Waals surface area contributed by atoms with E-state index in [4.69, 9.17) is 12.2 Å². The molecule has 0 aliphatic carbocycles. The minimum absolute atomic E-state index is 0.0928. The summed E-state index contributed by atoms with van der Waals surface area (Å²) in [6, 6.07) is 6.03. The van der Waals surface area contributed by atoms with Gasteiger partial charge < -0.3 is 10.6 Å². The van der Waals surface area contributed by atoms with Crippen LogP contribution in [0, 0.1) is 19.3 Å². The zero-order valence-electron chi connectivity index (χ0n) is 11.5. The first kappa shape index (κ1) is 14.6. The van der Waals surface area contributed by atoms with Crippen molar-refractivity contribution in [3.8, 4) is 0 Å². The summed E-state index contributed by atoms with van der Waals surface area (Å²) < 4.78 is 0. The van der Waals surface area contributed by atoms with E-state index >= 15 is 0 Å². The number of thiocarbonyl (C=S) groups is 1. The Morgan fingerprint density at radius 1 is 1.22 bits per heavy atom. The van der Waals surface area contributed by atoms with Gasteiger partial charge in [-0.25, -0.2) is 0 Å². The Morgan fingerprint density at radius 3 is 2.33 bits per heavy atom. The quantitative estimate of drug-likeness (QED) is 0.766. The molecule has 98 valence electrons. The lowest BCUT2D eigenvalue weighted by Crippen LogP contribution is -2.41. The normalized spacial score (nSPS) is 10.9. The Morgan fingerprint density at radius 2 is 1.83 bits per heavy atom. The Labute approximate surface area is 114 Å². The fourth-order valence-electron chi connectivity index (χ4n) is 1.40.